The molecular formula is C22H20FN3O4. The highest BCUT2D eigenvalue weighted by Gasteiger charge is 2.24. The van der Waals surface area contributed by atoms with Crippen LogP contribution in [-0.4, -0.2) is 53.7 Å². The van der Waals surface area contributed by atoms with Crippen molar-refractivity contribution in [2.24, 2.45) is 0 Å². The third-order valence-electron chi connectivity index (χ3n) is 5.31. The van der Waals surface area contributed by atoms with Crippen LogP contribution in [0.1, 0.15) is 16.1 Å². The zero-order valence-corrected chi connectivity index (χ0v) is 16.2. The van der Waals surface area contributed by atoms with Gasteiger partial charge in [-0.15, -0.1) is 0 Å². The summed E-state index contributed by atoms with van der Waals surface area (Å²) in [6.45, 7) is 3.59. The molecule has 1 fully saturated rings. The molecule has 0 aliphatic carbocycles. The molecule has 7 nitrogen and oxygen atoms in total. The van der Waals surface area contributed by atoms with E-state index in [-0.39, 0.29) is 18.5 Å². The first-order valence-electron chi connectivity index (χ1n) is 9.77. The van der Waals surface area contributed by atoms with Crippen LogP contribution < -0.4 is 9.47 Å². The summed E-state index contributed by atoms with van der Waals surface area (Å²) in [5, 5.41) is 0. The van der Waals surface area contributed by atoms with Crippen LogP contribution in [0.2, 0.25) is 0 Å². The molecule has 3 aromatic rings. The molecule has 1 aromatic heterocycles. The second kappa shape index (κ2) is 7.79. The van der Waals surface area contributed by atoms with Gasteiger partial charge in [-0.05, 0) is 42.5 Å². The molecule has 0 unspecified atom stereocenters. The van der Waals surface area contributed by atoms with Gasteiger partial charge in [-0.1, -0.05) is 0 Å². The molecule has 2 aliphatic rings. The quantitative estimate of drug-likeness (QED) is 0.659. The van der Waals surface area contributed by atoms with Crippen LogP contribution >= 0.6 is 0 Å². The highest BCUT2D eigenvalue weighted by atomic mass is 19.1. The Labute approximate surface area is 172 Å². The second-order valence-electron chi connectivity index (χ2n) is 7.29. The molecule has 154 valence electrons. The largest absolute Gasteiger partial charge is 0.454 e. The number of fused-ring (bicyclic) bond motifs is 1. The SMILES string of the molecule is O=C(c1ccc2c(c1)OCO2)N1CCN(Cc2coc(-c3ccc(F)cc3)n2)CC1. The normalized spacial score (nSPS) is 16.1. The molecule has 0 radical (unpaired) electrons. The topological polar surface area (TPSA) is 68.0 Å². The first-order chi connectivity index (χ1) is 14.7. The number of carbonyl (C=O) groups excluding carboxylic acids is 1. The number of ether oxygens (including phenoxy) is 2. The molecule has 0 spiro atoms. The van der Waals surface area contributed by atoms with Gasteiger partial charge in [0.1, 0.15) is 12.1 Å². The van der Waals surface area contributed by atoms with Crippen LogP contribution in [0.25, 0.3) is 11.5 Å². The maximum atomic E-state index is 13.1. The Morgan fingerprint density at radius 3 is 2.57 bits per heavy atom. The number of amides is 1. The number of nitrogens with zero attached hydrogens (tertiary/aromatic N) is 3. The Morgan fingerprint density at radius 2 is 1.77 bits per heavy atom. The van der Waals surface area contributed by atoms with Crippen LogP contribution in [0.5, 0.6) is 11.5 Å². The molecule has 0 bridgehead atoms. The van der Waals surface area contributed by atoms with Crippen molar-refractivity contribution in [2.75, 3.05) is 33.0 Å². The number of piperazine rings is 1. The van der Waals surface area contributed by atoms with Gasteiger partial charge in [0, 0.05) is 43.9 Å². The van der Waals surface area contributed by atoms with Gasteiger partial charge in [0.15, 0.2) is 11.5 Å². The average molecular weight is 409 g/mol. The fourth-order valence-electron chi connectivity index (χ4n) is 3.65. The van der Waals surface area contributed by atoms with E-state index < -0.39 is 0 Å². The number of hydrogen-bond donors (Lipinski definition) is 0. The molecule has 0 atom stereocenters. The van der Waals surface area contributed by atoms with Crippen LogP contribution in [0.15, 0.2) is 53.1 Å². The summed E-state index contributed by atoms with van der Waals surface area (Å²) in [5.41, 5.74) is 2.15. The number of rotatable bonds is 4. The van der Waals surface area contributed by atoms with Crippen molar-refractivity contribution < 1.29 is 23.1 Å². The maximum absolute atomic E-state index is 13.1. The minimum absolute atomic E-state index is 0.00650. The predicted molar refractivity (Wildman–Crippen MR) is 106 cm³/mol. The number of benzene rings is 2. The van der Waals surface area contributed by atoms with E-state index in [0.29, 0.717) is 42.6 Å². The number of halogens is 1. The van der Waals surface area contributed by atoms with Gasteiger partial charge in [-0.25, -0.2) is 9.37 Å². The molecule has 2 aliphatic heterocycles. The summed E-state index contributed by atoms with van der Waals surface area (Å²) < 4.78 is 29.3. The van der Waals surface area contributed by atoms with E-state index in [1.807, 2.05) is 4.90 Å². The van der Waals surface area contributed by atoms with Crippen LogP contribution in [0.4, 0.5) is 4.39 Å². The van der Waals surface area contributed by atoms with Crippen molar-refractivity contribution in [2.45, 2.75) is 6.54 Å². The van der Waals surface area contributed by atoms with Crippen molar-refractivity contribution in [3.63, 3.8) is 0 Å². The Kier molecular flexibility index (Phi) is 4.84. The Morgan fingerprint density at radius 1 is 1.00 bits per heavy atom. The first kappa shape index (κ1) is 18.6. The van der Waals surface area contributed by atoms with E-state index in [4.69, 9.17) is 13.9 Å². The highest BCUT2D eigenvalue weighted by molar-refractivity contribution is 5.95. The summed E-state index contributed by atoms with van der Waals surface area (Å²) in [4.78, 5) is 21.4. The van der Waals surface area contributed by atoms with E-state index in [9.17, 15) is 9.18 Å². The monoisotopic (exact) mass is 409 g/mol. The Balaban J connectivity index is 1.17. The lowest BCUT2D eigenvalue weighted by molar-refractivity contribution is 0.0626. The van der Waals surface area contributed by atoms with Gasteiger partial charge in [0.25, 0.3) is 5.91 Å². The van der Waals surface area contributed by atoms with Gasteiger partial charge in [0.05, 0.1) is 5.69 Å². The summed E-state index contributed by atoms with van der Waals surface area (Å²) in [5.74, 6) is 1.46. The molecule has 8 heteroatoms. The highest BCUT2D eigenvalue weighted by Crippen LogP contribution is 2.33. The second-order valence-corrected chi connectivity index (χ2v) is 7.29. The number of carbonyl (C=O) groups is 1. The molecule has 1 amide bonds. The van der Waals surface area contributed by atoms with Crippen molar-refractivity contribution in [3.8, 4) is 23.0 Å². The van der Waals surface area contributed by atoms with E-state index in [1.54, 1.807) is 36.6 Å². The zero-order chi connectivity index (χ0) is 20.5. The van der Waals surface area contributed by atoms with Crippen LogP contribution in [-0.2, 0) is 6.54 Å². The summed E-state index contributed by atoms with van der Waals surface area (Å²) in [7, 11) is 0. The first-order valence-corrected chi connectivity index (χ1v) is 9.77. The molecule has 5 rings (SSSR count). The summed E-state index contributed by atoms with van der Waals surface area (Å²) in [6.07, 6.45) is 1.63. The summed E-state index contributed by atoms with van der Waals surface area (Å²) in [6, 6.07) is 11.3. The van der Waals surface area contributed by atoms with E-state index in [2.05, 4.69) is 9.88 Å². The third kappa shape index (κ3) is 3.73. The van der Waals surface area contributed by atoms with E-state index in [1.165, 1.54) is 12.1 Å². The van der Waals surface area contributed by atoms with Crippen molar-refractivity contribution >= 4 is 5.91 Å². The molecule has 0 saturated carbocycles. The molecule has 2 aromatic carbocycles. The smallest absolute Gasteiger partial charge is 0.254 e. The van der Waals surface area contributed by atoms with Crippen molar-refractivity contribution in [1.29, 1.82) is 0 Å². The number of oxazole rings is 1. The van der Waals surface area contributed by atoms with Gasteiger partial charge >= 0.3 is 0 Å². The third-order valence-corrected chi connectivity index (χ3v) is 5.31. The van der Waals surface area contributed by atoms with Crippen LogP contribution in [0.3, 0.4) is 0 Å². The lowest BCUT2D eigenvalue weighted by atomic mass is 10.1. The minimum Gasteiger partial charge on any atom is -0.454 e. The van der Waals surface area contributed by atoms with Crippen molar-refractivity contribution in [3.05, 3.63) is 65.8 Å². The lowest BCUT2D eigenvalue weighted by Gasteiger charge is -2.34. The summed E-state index contributed by atoms with van der Waals surface area (Å²) >= 11 is 0. The fraction of sp³-hybridized carbons (Fsp3) is 0.273. The number of aromatic nitrogens is 1. The molecule has 1 saturated heterocycles. The predicted octanol–water partition coefficient (Wildman–Crippen LogP) is 3.17. The van der Waals surface area contributed by atoms with Crippen LogP contribution in [0, 0.1) is 5.82 Å². The van der Waals surface area contributed by atoms with E-state index in [0.717, 1.165) is 24.3 Å². The van der Waals surface area contributed by atoms with Gasteiger partial charge in [-0.3, -0.25) is 9.69 Å². The molecule has 0 N–H and O–H groups in total. The molecular weight excluding hydrogens is 389 g/mol. The van der Waals surface area contributed by atoms with Gasteiger partial charge < -0.3 is 18.8 Å². The standard InChI is InChI=1S/C22H20FN3O4/c23-17-4-1-15(2-5-17)21-24-18(13-28-21)12-25-7-9-26(10-8-25)22(27)16-3-6-19-20(11-16)30-14-29-19/h1-6,11,13H,7-10,12,14H2. The van der Waals surface area contributed by atoms with E-state index >= 15 is 0 Å². The molecule has 3 heterocycles. The number of hydrogen-bond acceptors (Lipinski definition) is 6. The average Bonchev–Trinajstić information content (AvgIpc) is 3.43. The minimum atomic E-state index is -0.293. The van der Waals surface area contributed by atoms with Gasteiger partial charge in [0.2, 0.25) is 12.7 Å². The Bertz CT molecular complexity index is 1060. The Hall–Kier alpha value is -3.39. The fourth-order valence-corrected chi connectivity index (χ4v) is 3.65. The molecule has 30 heavy (non-hydrogen) atoms. The zero-order valence-electron chi connectivity index (χ0n) is 16.2. The maximum Gasteiger partial charge on any atom is 0.254 e. The van der Waals surface area contributed by atoms with Crippen molar-refractivity contribution in [1.82, 2.24) is 14.8 Å². The van der Waals surface area contributed by atoms with Gasteiger partial charge in [-0.2, -0.15) is 0 Å². The lowest BCUT2D eigenvalue weighted by Crippen LogP contribution is -2.48.